The van der Waals surface area contributed by atoms with E-state index in [1.807, 2.05) is 36.4 Å². The van der Waals surface area contributed by atoms with Crippen molar-refractivity contribution in [1.82, 2.24) is 39.7 Å². The number of nitrogens with two attached hydrogens (primary N) is 1. The van der Waals surface area contributed by atoms with Crippen LogP contribution in [-0.4, -0.2) is 46.8 Å². The van der Waals surface area contributed by atoms with Gasteiger partial charge in [-0.3, -0.25) is 4.79 Å². The maximum Gasteiger partial charge on any atom is 0.252 e. The highest BCUT2D eigenvalue weighted by atomic mass is 35.5. The minimum absolute atomic E-state index is 0.253. The zero-order chi connectivity index (χ0) is 28.3. The van der Waals surface area contributed by atoms with Crippen molar-refractivity contribution in [1.29, 1.82) is 0 Å². The molecule has 0 saturated heterocycles. The molecular formula is C29H24ClN9O2. The Morgan fingerprint density at radius 1 is 1.02 bits per heavy atom. The van der Waals surface area contributed by atoms with Gasteiger partial charge in [0.15, 0.2) is 0 Å². The molecule has 0 fully saturated rings. The van der Waals surface area contributed by atoms with E-state index < -0.39 is 6.04 Å². The van der Waals surface area contributed by atoms with Gasteiger partial charge in [0.05, 0.1) is 36.9 Å². The van der Waals surface area contributed by atoms with Crippen molar-refractivity contribution < 1.29 is 4.74 Å². The smallest absolute Gasteiger partial charge is 0.252 e. The highest BCUT2D eigenvalue weighted by Gasteiger charge is 2.23. The average Bonchev–Trinajstić information content (AvgIpc) is 3.70. The average molecular weight is 566 g/mol. The molecular weight excluding hydrogens is 542 g/mol. The Labute approximate surface area is 239 Å². The van der Waals surface area contributed by atoms with E-state index in [0.717, 1.165) is 16.8 Å². The third-order valence-corrected chi connectivity index (χ3v) is 6.96. The molecule has 0 amide bonds. The lowest BCUT2D eigenvalue weighted by Crippen LogP contribution is -2.27. The van der Waals surface area contributed by atoms with Gasteiger partial charge in [-0.2, -0.15) is 4.68 Å². The minimum atomic E-state index is -0.471. The van der Waals surface area contributed by atoms with Crippen LogP contribution in [0.15, 0.2) is 96.4 Å². The number of H-pyrrole nitrogens is 1. The number of imidazole rings is 1. The predicted octanol–water partition coefficient (Wildman–Crippen LogP) is 4.35. The quantitative estimate of drug-likeness (QED) is 0.277. The number of ether oxygens (including phenoxy) is 1. The fraction of sp³-hybridized carbons (Fsp3) is 0.103. The van der Waals surface area contributed by atoms with Gasteiger partial charge in [-0.05, 0) is 46.3 Å². The van der Waals surface area contributed by atoms with Crippen LogP contribution in [0.5, 0.6) is 5.75 Å². The molecule has 1 atom stereocenters. The summed E-state index contributed by atoms with van der Waals surface area (Å²) in [5.41, 5.74) is 9.96. The summed E-state index contributed by atoms with van der Waals surface area (Å²) in [6, 6.07) is 19.8. The van der Waals surface area contributed by atoms with Crippen LogP contribution in [0.1, 0.15) is 17.4 Å². The van der Waals surface area contributed by atoms with Crippen LogP contribution >= 0.6 is 11.6 Å². The van der Waals surface area contributed by atoms with E-state index in [9.17, 15) is 4.79 Å². The number of nitrogens with zero attached hydrogens (tertiary/aromatic N) is 7. The Morgan fingerprint density at radius 3 is 2.61 bits per heavy atom. The summed E-state index contributed by atoms with van der Waals surface area (Å²) in [7, 11) is 1.56. The molecule has 12 heteroatoms. The van der Waals surface area contributed by atoms with Crippen molar-refractivity contribution in [3.05, 3.63) is 118 Å². The number of rotatable bonds is 8. The van der Waals surface area contributed by atoms with Gasteiger partial charge in [-0.1, -0.05) is 41.9 Å². The first kappa shape index (κ1) is 26.0. The van der Waals surface area contributed by atoms with Gasteiger partial charge in [0.2, 0.25) is 0 Å². The second-order valence-corrected chi connectivity index (χ2v) is 9.71. The van der Waals surface area contributed by atoms with Gasteiger partial charge in [0, 0.05) is 40.4 Å². The standard InChI is InChI=1S/C29H24ClN9O2/c1-41-26-16-38(28(40)13-22(26)21-12-20(30)8-9-24(21)39-17-34-36-37-39)25(11-18-5-3-2-4-6-18)29-33-15-23(35-29)19-7-10-27(31)32-14-19/h2-10,12-17,25H,11H2,1H3,(H2,31,32)(H,33,35). The number of halogens is 1. The van der Waals surface area contributed by atoms with Crippen LogP contribution in [0, 0.1) is 0 Å². The summed E-state index contributed by atoms with van der Waals surface area (Å²) < 4.78 is 8.95. The summed E-state index contributed by atoms with van der Waals surface area (Å²) in [4.78, 5) is 26.1. The number of hydrogen-bond acceptors (Lipinski definition) is 8. The summed E-state index contributed by atoms with van der Waals surface area (Å²) >= 11 is 6.37. The Kier molecular flexibility index (Phi) is 7.00. The van der Waals surface area contributed by atoms with E-state index in [1.165, 1.54) is 17.1 Å². The Balaban J connectivity index is 1.47. The summed E-state index contributed by atoms with van der Waals surface area (Å²) in [6.45, 7) is 0. The topological polar surface area (TPSA) is 142 Å². The molecule has 2 aromatic carbocycles. The van der Waals surface area contributed by atoms with Crippen molar-refractivity contribution in [2.45, 2.75) is 12.5 Å². The number of tetrazole rings is 1. The van der Waals surface area contributed by atoms with Crippen LogP contribution in [0.25, 0.3) is 28.1 Å². The number of hydrogen-bond donors (Lipinski definition) is 2. The van der Waals surface area contributed by atoms with Gasteiger partial charge in [-0.15, -0.1) is 5.10 Å². The fourth-order valence-corrected chi connectivity index (χ4v) is 4.89. The lowest BCUT2D eigenvalue weighted by Gasteiger charge is -2.21. The van der Waals surface area contributed by atoms with Gasteiger partial charge in [-0.25, -0.2) is 9.97 Å². The number of aromatic amines is 1. The van der Waals surface area contributed by atoms with Crippen LogP contribution < -0.4 is 16.0 Å². The van der Waals surface area contributed by atoms with Crippen molar-refractivity contribution >= 4 is 17.4 Å². The lowest BCUT2D eigenvalue weighted by atomic mass is 10.0. The first-order valence-electron chi connectivity index (χ1n) is 12.6. The minimum Gasteiger partial charge on any atom is -0.495 e. The largest absolute Gasteiger partial charge is 0.495 e. The van der Waals surface area contributed by atoms with Crippen molar-refractivity contribution in [3.8, 4) is 33.8 Å². The molecule has 204 valence electrons. The van der Waals surface area contributed by atoms with E-state index in [4.69, 9.17) is 22.1 Å². The molecule has 0 aliphatic carbocycles. The molecule has 0 spiro atoms. The molecule has 0 bridgehead atoms. The maximum atomic E-state index is 13.8. The number of pyridine rings is 2. The lowest BCUT2D eigenvalue weighted by molar-refractivity contribution is 0.405. The monoisotopic (exact) mass is 565 g/mol. The summed E-state index contributed by atoms with van der Waals surface area (Å²) in [5, 5.41) is 12.0. The molecule has 11 nitrogen and oxygen atoms in total. The van der Waals surface area contributed by atoms with Crippen molar-refractivity contribution in [2.75, 3.05) is 12.8 Å². The zero-order valence-corrected chi connectivity index (χ0v) is 22.6. The molecule has 41 heavy (non-hydrogen) atoms. The highest BCUT2D eigenvalue weighted by molar-refractivity contribution is 6.31. The fourth-order valence-electron chi connectivity index (χ4n) is 4.72. The number of methoxy groups -OCH3 is 1. The molecule has 4 aromatic heterocycles. The summed E-state index contributed by atoms with van der Waals surface area (Å²) in [5.74, 6) is 1.50. The van der Waals surface area contributed by atoms with Crippen molar-refractivity contribution in [2.24, 2.45) is 0 Å². The Bertz CT molecular complexity index is 1850. The second kappa shape index (κ2) is 11.1. The molecule has 1 unspecified atom stereocenters. The normalized spacial score (nSPS) is 11.9. The molecule has 6 aromatic rings. The highest BCUT2D eigenvalue weighted by Crippen LogP contribution is 2.36. The van der Waals surface area contributed by atoms with Crippen LogP contribution in [0.3, 0.4) is 0 Å². The molecule has 0 aliphatic heterocycles. The van der Waals surface area contributed by atoms with Crippen LogP contribution in [-0.2, 0) is 6.42 Å². The number of anilines is 1. The van der Waals surface area contributed by atoms with Gasteiger partial charge in [0.1, 0.15) is 23.7 Å². The maximum absolute atomic E-state index is 13.8. The second-order valence-electron chi connectivity index (χ2n) is 9.28. The SMILES string of the molecule is COc1cn(C(Cc2ccccc2)c2ncc(-c3ccc(N)nc3)[nH]2)c(=O)cc1-c1cc(Cl)ccc1-n1cnnn1. The van der Waals surface area contributed by atoms with Crippen molar-refractivity contribution in [3.63, 3.8) is 0 Å². The molecule has 6 rings (SSSR count). The van der Waals surface area contributed by atoms with Crippen LogP contribution in [0.4, 0.5) is 5.82 Å². The third-order valence-electron chi connectivity index (χ3n) is 6.72. The van der Waals surface area contributed by atoms with E-state index in [0.29, 0.717) is 45.6 Å². The van der Waals surface area contributed by atoms with E-state index in [1.54, 1.807) is 54.5 Å². The molecule has 4 heterocycles. The molecule has 0 saturated carbocycles. The molecule has 0 aliphatic rings. The first-order valence-corrected chi connectivity index (χ1v) is 13.0. The Hall–Kier alpha value is -5.29. The van der Waals surface area contributed by atoms with Gasteiger partial charge >= 0.3 is 0 Å². The van der Waals surface area contributed by atoms with Gasteiger partial charge < -0.3 is 20.0 Å². The summed E-state index contributed by atoms with van der Waals surface area (Å²) in [6.07, 6.45) is 7.07. The molecule has 0 radical (unpaired) electrons. The number of nitrogen functional groups attached to an aromatic ring is 1. The Morgan fingerprint density at radius 2 is 1.88 bits per heavy atom. The third kappa shape index (κ3) is 5.30. The number of benzene rings is 2. The zero-order valence-electron chi connectivity index (χ0n) is 21.8. The van der Waals surface area contributed by atoms with E-state index >= 15 is 0 Å². The predicted molar refractivity (Wildman–Crippen MR) is 155 cm³/mol. The first-order chi connectivity index (χ1) is 20.0. The number of aromatic nitrogens is 8. The number of nitrogens with one attached hydrogen (secondary N) is 1. The van der Waals surface area contributed by atoms with Gasteiger partial charge in [0.25, 0.3) is 5.56 Å². The molecule has 3 N–H and O–H groups in total. The van der Waals surface area contributed by atoms with Crippen LogP contribution in [0.2, 0.25) is 5.02 Å². The van der Waals surface area contributed by atoms with E-state index in [2.05, 4.69) is 30.5 Å². The van der Waals surface area contributed by atoms with E-state index in [-0.39, 0.29) is 5.56 Å².